The van der Waals surface area contributed by atoms with E-state index < -0.39 is 0 Å². The highest BCUT2D eigenvalue weighted by Crippen LogP contribution is 2.34. The summed E-state index contributed by atoms with van der Waals surface area (Å²) in [4.78, 5) is 4.42. The molecular weight excluding hydrogens is 359 g/mol. The normalized spacial score (nSPS) is 13.0. The zero-order valence-electron chi connectivity index (χ0n) is 14.9. The van der Waals surface area contributed by atoms with E-state index in [-0.39, 0.29) is 23.1 Å². The van der Waals surface area contributed by atoms with Crippen LogP contribution in [0.5, 0.6) is 5.75 Å². The van der Waals surface area contributed by atoms with Gasteiger partial charge < -0.3 is 13.7 Å². The summed E-state index contributed by atoms with van der Waals surface area (Å²) in [5.41, 5.74) is -0.179. The summed E-state index contributed by atoms with van der Waals surface area (Å²) in [6.07, 6.45) is 0. The molecule has 9 heteroatoms. The minimum Gasteiger partial charge on any atom is -0.484 e. The molecule has 3 rings (SSSR count). The van der Waals surface area contributed by atoms with Crippen molar-refractivity contribution < 1.29 is 18.1 Å². The molecule has 0 fully saturated rings. The zero-order valence-corrected chi connectivity index (χ0v) is 15.7. The Morgan fingerprint density at radius 3 is 2.58 bits per heavy atom. The van der Waals surface area contributed by atoms with Crippen LogP contribution in [-0.2, 0) is 12.0 Å². The molecule has 138 valence electrons. The lowest BCUT2D eigenvalue weighted by atomic mass is 9.96. The van der Waals surface area contributed by atoms with E-state index in [0.29, 0.717) is 28.6 Å². The van der Waals surface area contributed by atoms with E-state index in [1.54, 1.807) is 0 Å². The predicted molar refractivity (Wildman–Crippen MR) is 92.3 cm³/mol. The first-order valence-corrected chi connectivity index (χ1v) is 8.91. The Morgan fingerprint density at radius 2 is 1.92 bits per heavy atom. The van der Waals surface area contributed by atoms with E-state index >= 15 is 0 Å². The molecule has 0 N–H and O–H groups in total. The highest BCUT2D eigenvalue weighted by atomic mass is 32.2. The van der Waals surface area contributed by atoms with Crippen LogP contribution in [0.1, 0.15) is 50.6 Å². The third kappa shape index (κ3) is 4.60. The Morgan fingerprint density at radius 1 is 1.19 bits per heavy atom. The second-order valence-corrected chi connectivity index (χ2v) is 7.96. The smallest absolute Gasteiger partial charge is 0.277 e. The molecule has 0 radical (unpaired) electrons. The average molecular weight is 378 g/mol. The highest BCUT2D eigenvalue weighted by Gasteiger charge is 2.24. The number of ether oxygens (including phenoxy) is 1. The molecule has 2 heterocycles. The van der Waals surface area contributed by atoms with Gasteiger partial charge in [-0.2, -0.15) is 4.98 Å². The van der Waals surface area contributed by atoms with Gasteiger partial charge in [-0.3, -0.25) is 0 Å². The summed E-state index contributed by atoms with van der Waals surface area (Å²) in [6, 6.07) is 5.71. The Balaban J connectivity index is 1.57. The molecule has 1 atom stereocenters. The highest BCUT2D eigenvalue weighted by molar-refractivity contribution is 7.99. The summed E-state index contributed by atoms with van der Waals surface area (Å²) < 4.78 is 29.2. The van der Waals surface area contributed by atoms with Crippen LogP contribution in [0.3, 0.4) is 0 Å². The Bertz CT molecular complexity index is 858. The molecule has 0 saturated heterocycles. The molecule has 0 bridgehead atoms. The third-order valence-electron chi connectivity index (χ3n) is 3.36. The SMILES string of the molecule is C[C@@H](Sc1nnc(COc2ccc(F)cc2)o1)c1nc(C(C)(C)C)no1. The van der Waals surface area contributed by atoms with E-state index in [4.69, 9.17) is 13.7 Å². The maximum atomic E-state index is 12.9. The summed E-state index contributed by atoms with van der Waals surface area (Å²) >= 11 is 1.32. The molecule has 2 aromatic heterocycles. The van der Waals surface area contributed by atoms with Crippen molar-refractivity contribution in [1.82, 2.24) is 20.3 Å². The van der Waals surface area contributed by atoms with E-state index in [1.165, 1.54) is 36.0 Å². The second-order valence-electron chi connectivity index (χ2n) is 6.67. The van der Waals surface area contributed by atoms with Crippen LogP contribution >= 0.6 is 11.8 Å². The third-order valence-corrected chi connectivity index (χ3v) is 4.28. The van der Waals surface area contributed by atoms with Crippen LogP contribution in [-0.4, -0.2) is 20.3 Å². The molecule has 0 spiro atoms. The zero-order chi connectivity index (χ0) is 18.7. The van der Waals surface area contributed by atoms with Crippen molar-refractivity contribution in [3.8, 4) is 5.75 Å². The number of benzene rings is 1. The minimum absolute atomic E-state index is 0.0995. The van der Waals surface area contributed by atoms with Gasteiger partial charge in [-0.15, -0.1) is 10.2 Å². The number of nitrogens with zero attached hydrogens (tertiary/aromatic N) is 4. The molecule has 26 heavy (non-hydrogen) atoms. The van der Waals surface area contributed by atoms with Gasteiger partial charge in [-0.1, -0.05) is 37.7 Å². The first-order chi connectivity index (χ1) is 12.3. The van der Waals surface area contributed by atoms with Gasteiger partial charge in [0, 0.05) is 5.41 Å². The van der Waals surface area contributed by atoms with Crippen molar-refractivity contribution in [3.63, 3.8) is 0 Å². The van der Waals surface area contributed by atoms with Gasteiger partial charge in [0.05, 0.1) is 5.25 Å². The number of rotatable bonds is 6. The Labute approximate surface area is 154 Å². The largest absolute Gasteiger partial charge is 0.484 e. The maximum Gasteiger partial charge on any atom is 0.277 e. The van der Waals surface area contributed by atoms with Crippen molar-refractivity contribution in [2.24, 2.45) is 0 Å². The second kappa shape index (κ2) is 7.45. The van der Waals surface area contributed by atoms with Gasteiger partial charge in [0.25, 0.3) is 11.1 Å². The molecule has 1 aromatic carbocycles. The molecule has 0 amide bonds. The summed E-state index contributed by atoms with van der Waals surface area (Å²) in [6.45, 7) is 8.08. The predicted octanol–water partition coefficient (Wildman–Crippen LogP) is 4.32. The van der Waals surface area contributed by atoms with Gasteiger partial charge >= 0.3 is 0 Å². The van der Waals surface area contributed by atoms with Crippen molar-refractivity contribution in [2.75, 3.05) is 0 Å². The van der Waals surface area contributed by atoms with E-state index in [9.17, 15) is 4.39 Å². The molecule has 0 saturated carbocycles. The fourth-order valence-corrected chi connectivity index (χ4v) is 2.66. The lowest BCUT2D eigenvalue weighted by Crippen LogP contribution is -2.13. The molecule has 0 unspecified atom stereocenters. The fraction of sp³-hybridized carbons (Fsp3) is 0.412. The van der Waals surface area contributed by atoms with Crippen LogP contribution in [0.25, 0.3) is 0 Å². The number of aromatic nitrogens is 4. The Hall–Kier alpha value is -2.42. The van der Waals surface area contributed by atoms with Gasteiger partial charge in [0.15, 0.2) is 12.4 Å². The van der Waals surface area contributed by atoms with E-state index in [1.807, 2.05) is 27.7 Å². The molecule has 0 aliphatic heterocycles. The van der Waals surface area contributed by atoms with Crippen LogP contribution in [0.4, 0.5) is 4.39 Å². The lowest BCUT2D eigenvalue weighted by Gasteiger charge is -2.11. The first kappa shape index (κ1) is 18.4. The van der Waals surface area contributed by atoms with Crippen LogP contribution in [0.15, 0.2) is 38.4 Å². The molecular formula is C17H19FN4O3S. The van der Waals surface area contributed by atoms with E-state index in [2.05, 4.69) is 20.3 Å². The quantitative estimate of drug-likeness (QED) is 0.586. The van der Waals surface area contributed by atoms with Crippen LogP contribution < -0.4 is 4.74 Å². The minimum atomic E-state index is -0.321. The first-order valence-electron chi connectivity index (χ1n) is 8.03. The molecule has 0 aliphatic rings. The number of hydrogen-bond acceptors (Lipinski definition) is 8. The monoisotopic (exact) mass is 378 g/mol. The molecule has 3 aromatic rings. The van der Waals surface area contributed by atoms with Crippen LogP contribution in [0, 0.1) is 5.82 Å². The van der Waals surface area contributed by atoms with Gasteiger partial charge in [0.1, 0.15) is 11.6 Å². The molecule has 7 nitrogen and oxygen atoms in total. The van der Waals surface area contributed by atoms with Gasteiger partial charge in [-0.25, -0.2) is 4.39 Å². The average Bonchev–Trinajstić information content (AvgIpc) is 3.23. The summed E-state index contributed by atoms with van der Waals surface area (Å²) in [5.74, 6) is 1.68. The lowest BCUT2D eigenvalue weighted by molar-refractivity contribution is 0.251. The maximum absolute atomic E-state index is 12.9. The standard InChI is InChI=1S/C17H19FN4O3S/c1-10(14-19-15(22-25-14)17(2,3)4)26-16-21-20-13(24-16)9-23-12-7-5-11(18)6-8-12/h5-8,10H,9H2,1-4H3/t10-/m1/s1. The van der Waals surface area contributed by atoms with E-state index in [0.717, 1.165) is 0 Å². The van der Waals surface area contributed by atoms with Crippen LogP contribution in [0.2, 0.25) is 0 Å². The fourth-order valence-electron chi connectivity index (χ4n) is 1.93. The Kier molecular flexibility index (Phi) is 5.26. The molecule has 0 aliphatic carbocycles. The van der Waals surface area contributed by atoms with Crippen molar-refractivity contribution in [1.29, 1.82) is 0 Å². The van der Waals surface area contributed by atoms with Crippen molar-refractivity contribution in [3.05, 3.63) is 47.7 Å². The van der Waals surface area contributed by atoms with Crippen molar-refractivity contribution >= 4 is 11.8 Å². The number of thioether (sulfide) groups is 1. The number of hydrogen-bond donors (Lipinski definition) is 0. The summed E-state index contributed by atoms with van der Waals surface area (Å²) in [5, 5.41) is 12.2. The van der Waals surface area contributed by atoms with Gasteiger partial charge in [0.2, 0.25) is 5.89 Å². The topological polar surface area (TPSA) is 87.1 Å². The number of halogens is 1. The van der Waals surface area contributed by atoms with Crippen molar-refractivity contribution in [2.45, 2.75) is 50.2 Å². The summed E-state index contributed by atoms with van der Waals surface area (Å²) in [7, 11) is 0. The van der Waals surface area contributed by atoms with Gasteiger partial charge in [-0.05, 0) is 31.2 Å².